The van der Waals surface area contributed by atoms with E-state index in [2.05, 4.69) is 0 Å². The SMILES string of the molecule is COc1cc2c(cc1OC)[C@]13CCC4(C[C@H]1[C@@H](OS(C)(=O)=O)C(=O)N3CC2)OCCO4. The Labute approximate surface area is 181 Å². The van der Waals surface area contributed by atoms with Crippen LogP contribution in [0.3, 0.4) is 0 Å². The van der Waals surface area contributed by atoms with Crippen LogP contribution in [0.2, 0.25) is 0 Å². The summed E-state index contributed by atoms with van der Waals surface area (Å²) in [6, 6.07) is 3.89. The van der Waals surface area contributed by atoms with Crippen molar-refractivity contribution in [2.24, 2.45) is 5.92 Å². The van der Waals surface area contributed by atoms with Gasteiger partial charge in [-0.1, -0.05) is 0 Å². The van der Waals surface area contributed by atoms with Gasteiger partial charge in [0.2, 0.25) is 0 Å². The number of ether oxygens (including phenoxy) is 4. The van der Waals surface area contributed by atoms with Crippen molar-refractivity contribution in [2.75, 3.05) is 40.2 Å². The second-order valence-electron chi connectivity index (χ2n) is 8.67. The third kappa shape index (κ3) is 3.06. The van der Waals surface area contributed by atoms with E-state index in [9.17, 15) is 13.2 Å². The molecule has 2 spiro atoms. The lowest BCUT2D eigenvalue weighted by atomic mass is 9.64. The summed E-state index contributed by atoms with van der Waals surface area (Å²) in [4.78, 5) is 15.3. The minimum atomic E-state index is -3.85. The van der Waals surface area contributed by atoms with E-state index < -0.39 is 33.5 Å². The van der Waals surface area contributed by atoms with E-state index in [4.69, 9.17) is 23.1 Å². The van der Waals surface area contributed by atoms with Crippen molar-refractivity contribution in [3.8, 4) is 11.5 Å². The standard InChI is InChI=1S/C21H27NO8S/c1-26-16-10-13-4-7-22-19(23)18(30-31(3,24)25)15-12-20(28-8-9-29-20)5-6-21(15,22)14(13)11-17(16)27-2/h10-11,15,18H,4-9,12H2,1-3H3/t15-,18+,21+/m0/s1. The fourth-order valence-corrected chi connectivity index (χ4v) is 6.59. The number of carbonyl (C=O) groups excluding carboxylic acids is 1. The number of amides is 1. The molecule has 1 aromatic rings. The molecule has 1 aliphatic carbocycles. The molecule has 31 heavy (non-hydrogen) atoms. The fraction of sp³-hybridized carbons (Fsp3) is 0.667. The van der Waals surface area contributed by atoms with Crippen molar-refractivity contribution in [1.82, 2.24) is 4.90 Å². The summed E-state index contributed by atoms with van der Waals surface area (Å²) in [5, 5.41) is 0. The molecule has 1 saturated carbocycles. The van der Waals surface area contributed by atoms with Gasteiger partial charge in [-0.15, -0.1) is 0 Å². The van der Waals surface area contributed by atoms with Crippen LogP contribution in [0.5, 0.6) is 11.5 Å². The van der Waals surface area contributed by atoms with E-state index >= 15 is 0 Å². The minimum absolute atomic E-state index is 0.300. The molecule has 3 aliphatic heterocycles. The first-order valence-corrected chi connectivity index (χ1v) is 12.3. The molecule has 0 N–H and O–H groups in total. The van der Waals surface area contributed by atoms with E-state index in [0.29, 0.717) is 56.9 Å². The molecule has 3 fully saturated rings. The van der Waals surface area contributed by atoms with Gasteiger partial charge in [0, 0.05) is 25.3 Å². The van der Waals surface area contributed by atoms with E-state index in [-0.39, 0.29) is 5.91 Å². The van der Waals surface area contributed by atoms with E-state index in [1.165, 1.54) is 0 Å². The molecule has 0 bridgehead atoms. The van der Waals surface area contributed by atoms with Crippen LogP contribution in [0.25, 0.3) is 0 Å². The number of benzene rings is 1. The lowest BCUT2D eigenvalue weighted by Crippen LogP contribution is -2.56. The molecule has 10 heteroatoms. The highest BCUT2D eigenvalue weighted by Crippen LogP contribution is 2.60. The molecule has 3 heterocycles. The Morgan fingerprint density at radius 1 is 1.10 bits per heavy atom. The maximum Gasteiger partial charge on any atom is 0.265 e. The topological polar surface area (TPSA) is 101 Å². The second-order valence-corrected chi connectivity index (χ2v) is 10.3. The largest absolute Gasteiger partial charge is 0.493 e. The van der Waals surface area contributed by atoms with Crippen LogP contribution in [0.1, 0.15) is 30.4 Å². The highest BCUT2D eigenvalue weighted by Gasteiger charge is 2.67. The average Bonchev–Trinajstić information content (AvgIpc) is 3.28. The van der Waals surface area contributed by atoms with Gasteiger partial charge in [-0.25, -0.2) is 0 Å². The zero-order chi connectivity index (χ0) is 22.0. The third-order valence-electron chi connectivity index (χ3n) is 7.16. The summed E-state index contributed by atoms with van der Waals surface area (Å²) in [5.41, 5.74) is 1.32. The Hall–Kier alpha value is -1.88. The van der Waals surface area contributed by atoms with Crippen LogP contribution in [0.15, 0.2) is 12.1 Å². The average molecular weight is 454 g/mol. The third-order valence-corrected chi connectivity index (χ3v) is 7.72. The number of carbonyl (C=O) groups is 1. The number of rotatable bonds is 4. The van der Waals surface area contributed by atoms with Gasteiger partial charge in [0.25, 0.3) is 16.0 Å². The van der Waals surface area contributed by atoms with Crippen LogP contribution in [0, 0.1) is 5.92 Å². The first-order chi connectivity index (χ1) is 14.7. The molecule has 1 aromatic carbocycles. The summed E-state index contributed by atoms with van der Waals surface area (Å²) in [6.07, 6.45) is 2.07. The maximum atomic E-state index is 13.5. The molecule has 0 unspecified atom stereocenters. The highest BCUT2D eigenvalue weighted by molar-refractivity contribution is 7.86. The van der Waals surface area contributed by atoms with Crippen molar-refractivity contribution in [2.45, 2.75) is 43.1 Å². The van der Waals surface area contributed by atoms with Crippen LogP contribution in [0.4, 0.5) is 0 Å². The van der Waals surface area contributed by atoms with Crippen LogP contribution < -0.4 is 9.47 Å². The summed E-state index contributed by atoms with van der Waals surface area (Å²) in [7, 11) is -0.680. The van der Waals surface area contributed by atoms with Gasteiger partial charge in [-0.2, -0.15) is 8.42 Å². The molecular formula is C21H27NO8S. The minimum Gasteiger partial charge on any atom is -0.493 e. The Bertz CT molecular complexity index is 1020. The van der Waals surface area contributed by atoms with Crippen molar-refractivity contribution >= 4 is 16.0 Å². The Morgan fingerprint density at radius 2 is 1.77 bits per heavy atom. The number of nitrogens with zero attached hydrogens (tertiary/aromatic N) is 1. The molecule has 0 radical (unpaired) electrons. The summed E-state index contributed by atoms with van der Waals surface area (Å²) < 4.78 is 52.4. The molecule has 4 aliphatic rings. The number of hydrogen-bond acceptors (Lipinski definition) is 8. The molecular weight excluding hydrogens is 426 g/mol. The van der Waals surface area contributed by atoms with Crippen LogP contribution in [-0.4, -0.2) is 71.3 Å². The van der Waals surface area contributed by atoms with Crippen molar-refractivity contribution < 1.29 is 36.3 Å². The fourth-order valence-electron chi connectivity index (χ4n) is 6.00. The number of hydrogen-bond donors (Lipinski definition) is 0. The normalized spacial score (nSPS) is 31.3. The lowest BCUT2D eigenvalue weighted by Gasteiger charge is -2.52. The number of methoxy groups -OCH3 is 2. The smallest absolute Gasteiger partial charge is 0.265 e. The molecule has 9 nitrogen and oxygen atoms in total. The first-order valence-electron chi connectivity index (χ1n) is 10.5. The summed E-state index contributed by atoms with van der Waals surface area (Å²) in [6.45, 7) is 1.45. The molecule has 3 atom stereocenters. The summed E-state index contributed by atoms with van der Waals surface area (Å²) in [5.74, 6) is -0.348. The Balaban J connectivity index is 1.68. The second kappa shape index (κ2) is 7.06. The van der Waals surface area contributed by atoms with Crippen LogP contribution >= 0.6 is 0 Å². The van der Waals surface area contributed by atoms with Gasteiger partial charge in [-0.05, 0) is 36.1 Å². The van der Waals surface area contributed by atoms with Gasteiger partial charge in [0.05, 0.1) is 39.2 Å². The van der Waals surface area contributed by atoms with E-state index in [0.717, 1.165) is 17.4 Å². The van der Waals surface area contributed by atoms with Gasteiger partial charge in [0.1, 0.15) is 0 Å². The van der Waals surface area contributed by atoms with Crippen molar-refractivity contribution in [1.29, 1.82) is 0 Å². The van der Waals surface area contributed by atoms with Gasteiger partial charge >= 0.3 is 0 Å². The first kappa shape index (κ1) is 21.0. The van der Waals surface area contributed by atoms with Gasteiger partial charge in [0.15, 0.2) is 23.4 Å². The highest BCUT2D eigenvalue weighted by atomic mass is 32.2. The zero-order valence-electron chi connectivity index (χ0n) is 17.9. The molecule has 170 valence electrons. The Kier molecular flexibility index (Phi) is 4.78. The quantitative estimate of drug-likeness (QED) is 0.627. The molecule has 1 amide bonds. The predicted octanol–water partition coefficient (Wildman–Crippen LogP) is 1.19. The zero-order valence-corrected chi connectivity index (χ0v) is 18.7. The van der Waals surface area contributed by atoms with Crippen molar-refractivity contribution in [3.05, 3.63) is 23.3 Å². The van der Waals surface area contributed by atoms with Gasteiger partial charge < -0.3 is 23.8 Å². The Morgan fingerprint density at radius 3 is 2.42 bits per heavy atom. The maximum absolute atomic E-state index is 13.5. The monoisotopic (exact) mass is 453 g/mol. The van der Waals surface area contributed by atoms with Gasteiger partial charge in [-0.3, -0.25) is 8.98 Å². The molecule has 0 aromatic heterocycles. The number of fused-ring (bicyclic) bond motifs is 1. The lowest BCUT2D eigenvalue weighted by molar-refractivity contribution is -0.209. The van der Waals surface area contributed by atoms with E-state index in [1.54, 1.807) is 14.2 Å². The van der Waals surface area contributed by atoms with Crippen LogP contribution in [-0.2, 0) is 40.5 Å². The predicted molar refractivity (Wildman–Crippen MR) is 108 cm³/mol. The molecule has 5 rings (SSSR count). The molecule has 2 saturated heterocycles. The van der Waals surface area contributed by atoms with Crippen molar-refractivity contribution in [3.63, 3.8) is 0 Å². The summed E-state index contributed by atoms with van der Waals surface area (Å²) >= 11 is 0. The van der Waals surface area contributed by atoms with E-state index in [1.807, 2.05) is 17.0 Å².